The lowest BCUT2D eigenvalue weighted by molar-refractivity contribution is -0.137. The van der Waals surface area contributed by atoms with Crippen molar-refractivity contribution < 1.29 is 10.0 Å². The van der Waals surface area contributed by atoms with Gasteiger partial charge in [-0.1, -0.05) is 46.2 Å². The molecule has 0 spiro atoms. The molecule has 1 rings (SSSR count). The molecule has 1 atom stereocenters. The first-order chi connectivity index (χ1) is 9.36. The van der Waals surface area contributed by atoms with Crippen LogP contribution >= 0.6 is 15.9 Å². The van der Waals surface area contributed by atoms with Crippen LogP contribution in [0.15, 0.2) is 33.9 Å². The Balaban J connectivity index is 2.94. The zero-order valence-corrected chi connectivity index (χ0v) is 13.5. The molecule has 0 bridgehead atoms. The average molecular weight is 342 g/mol. The third-order valence-electron chi connectivity index (χ3n) is 3.56. The maximum Gasteiger partial charge on any atom is 0.236 e. The number of benzene rings is 1. The number of hydrogen-bond acceptors (Lipinski definition) is 3. The first-order valence-electron chi connectivity index (χ1n) is 6.33. The molecule has 110 valence electrons. The molecular formula is C14H20BrN3O2. The number of carbonyl (C=O) groups excluding carboxylic acids is 1. The number of rotatable bonds is 5. The van der Waals surface area contributed by atoms with Crippen LogP contribution in [0.2, 0.25) is 0 Å². The lowest BCUT2D eigenvalue weighted by Crippen LogP contribution is -2.48. The molecule has 1 amide bonds. The summed E-state index contributed by atoms with van der Waals surface area (Å²) in [5, 5.41) is 11.8. The number of amidine groups is 1. The Morgan fingerprint density at radius 2 is 2.10 bits per heavy atom. The maximum atomic E-state index is 12.6. The van der Waals surface area contributed by atoms with Gasteiger partial charge < -0.3 is 15.8 Å². The van der Waals surface area contributed by atoms with E-state index >= 15 is 0 Å². The van der Waals surface area contributed by atoms with Crippen molar-refractivity contribution in [1.82, 2.24) is 4.90 Å². The normalized spacial score (nSPS) is 14.7. The zero-order valence-electron chi connectivity index (χ0n) is 11.9. The van der Waals surface area contributed by atoms with Crippen molar-refractivity contribution >= 4 is 27.7 Å². The van der Waals surface area contributed by atoms with E-state index in [0.717, 1.165) is 10.0 Å². The average Bonchev–Trinajstić information content (AvgIpc) is 2.46. The molecule has 3 N–H and O–H groups in total. The van der Waals surface area contributed by atoms with Crippen LogP contribution in [0.5, 0.6) is 0 Å². The summed E-state index contributed by atoms with van der Waals surface area (Å²) in [6.07, 6.45) is 0.460. The predicted molar refractivity (Wildman–Crippen MR) is 82.4 cm³/mol. The highest BCUT2D eigenvalue weighted by Crippen LogP contribution is 2.26. The van der Waals surface area contributed by atoms with E-state index in [4.69, 9.17) is 10.9 Å². The van der Waals surface area contributed by atoms with Gasteiger partial charge in [-0.05, 0) is 25.0 Å². The second-order valence-corrected chi connectivity index (χ2v) is 5.78. The largest absolute Gasteiger partial charge is 0.409 e. The molecule has 6 heteroatoms. The fourth-order valence-corrected chi connectivity index (χ4v) is 2.34. The van der Waals surface area contributed by atoms with Gasteiger partial charge in [0, 0.05) is 18.1 Å². The van der Waals surface area contributed by atoms with Crippen LogP contribution < -0.4 is 5.73 Å². The van der Waals surface area contributed by atoms with Crippen molar-refractivity contribution in [2.75, 3.05) is 7.05 Å². The highest BCUT2D eigenvalue weighted by molar-refractivity contribution is 9.10. The Labute approximate surface area is 127 Å². The van der Waals surface area contributed by atoms with Gasteiger partial charge in [-0.15, -0.1) is 0 Å². The summed E-state index contributed by atoms with van der Waals surface area (Å²) < 4.78 is 0.946. The number of halogens is 1. The van der Waals surface area contributed by atoms with E-state index in [-0.39, 0.29) is 11.7 Å². The van der Waals surface area contributed by atoms with E-state index in [2.05, 4.69) is 21.1 Å². The van der Waals surface area contributed by atoms with Gasteiger partial charge in [0.2, 0.25) is 5.91 Å². The Hall–Kier alpha value is -1.56. The molecule has 0 saturated carbocycles. The molecule has 0 radical (unpaired) electrons. The number of nitrogens with two attached hydrogens (primary N) is 1. The SMILES string of the molecule is CCC(C)(C(=O)N(C)Cc1ccccc1Br)/C(N)=N/O. The minimum absolute atomic E-state index is 0.0658. The van der Waals surface area contributed by atoms with E-state index in [9.17, 15) is 4.79 Å². The molecule has 0 fully saturated rings. The molecule has 0 heterocycles. The summed E-state index contributed by atoms with van der Waals surface area (Å²) >= 11 is 3.46. The molecule has 20 heavy (non-hydrogen) atoms. The monoisotopic (exact) mass is 341 g/mol. The maximum absolute atomic E-state index is 12.6. The highest BCUT2D eigenvalue weighted by Gasteiger charge is 2.38. The van der Waals surface area contributed by atoms with Crippen LogP contribution in [-0.2, 0) is 11.3 Å². The van der Waals surface area contributed by atoms with Crippen LogP contribution in [-0.4, -0.2) is 28.9 Å². The van der Waals surface area contributed by atoms with Gasteiger partial charge in [0.05, 0.1) is 0 Å². The van der Waals surface area contributed by atoms with Gasteiger partial charge in [0.15, 0.2) is 5.84 Å². The van der Waals surface area contributed by atoms with E-state index in [1.165, 1.54) is 0 Å². The lowest BCUT2D eigenvalue weighted by Gasteiger charge is -2.30. The first kappa shape index (κ1) is 16.5. The van der Waals surface area contributed by atoms with Crippen LogP contribution in [0, 0.1) is 5.41 Å². The van der Waals surface area contributed by atoms with Gasteiger partial charge in [0.1, 0.15) is 5.41 Å². The summed E-state index contributed by atoms with van der Waals surface area (Å²) in [6.45, 7) is 3.97. The van der Waals surface area contributed by atoms with Gasteiger partial charge >= 0.3 is 0 Å². The Morgan fingerprint density at radius 1 is 1.50 bits per heavy atom. The molecule has 1 unspecified atom stereocenters. The molecule has 5 nitrogen and oxygen atoms in total. The number of hydrogen-bond donors (Lipinski definition) is 2. The second-order valence-electron chi connectivity index (χ2n) is 4.92. The molecular weight excluding hydrogens is 322 g/mol. The van der Waals surface area contributed by atoms with Gasteiger partial charge in [-0.3, -0.25) is 4.79 Å². The van der Waals surface area contributed by atoms with Crippen molar-refractivity contribution in [3.8, 4) is 0 Å². The van der Waals surface area contributed by atoms with Gasteiger partial charge in [-0.2, -0.15) is 0 Å². The molecule has 0 aliphatic carbocycles. The molecule has 0 aliphatic rings. The van der Waals surface area contributed by atoms with Crippen LogP contribution in [0.1, 0.15) is 25.8 Å². The number of nitrogens with zero attached hydrogens (tertiary/aromatic N) is 2. The smallest absolute Gasteiger partial charge is 0.236 e. The molecule has 0 aromatic heterocycles. The third-order valence-corrected chi connectivity index (χ3v) is 4.34. The quantitative estimate of drug-likeness (QED) is 0.374. The predicted octanol–water partition coefficient (Wildman–Crippen LogP) is 2.57. The minimum Gasteiger partial charge on any atom is -0.409 e. The fraction of sp³-hybridized carbons (Fsp3) is 0.429. The number of carbonyl (C=O) groups is 1. The first-order valence-corrected chi connectivity index (χ1v) is 7.13. The summed E-state index contributed by atoms with van der Waals surface area (Å²) in [7, 11) is 1.71. The summed E-state index contributed by atoms with van der Waals surface area (Å²) in [5.41, 5.74) is 5.67. The van der Waals surface area contributed by atoms with Crippen molar-refractivity contribution in [3.05, 3.63) is 34.3 Å². The summed E-state index contributed by atoms with van der Waals surface area (Å²) in [6, 6.07) is 7.71. The van der Waals surface area contributed by atoms with Crippen LogP contribution in [0.3, 0.4) is 0 Å². The van der Waals surface area contributed by atoms with Gasteiger partial charge in [-0.25, -0.2) is 0 Å². The Kier molecular flexibility index (Phi) is 5.56. The Morgan fingerprint density at radius 3 is 2.60 bits per heavy atom. The van der Waals surface area contributed by atoms with E-state index in [1.54, 1.807) is 18.9 Å². The fourth-order valence-electron chi connectivity index (χ4n) is 1.93. The number of oxime groups is 1. The van der Waals surface area contributed by atoms with E-state index in [0.29, 0.717) is 13.0 Å². The van der Waals surface area contributed by atoms with Gasteiger partial charge in [0.25, 0.3) is 0 Å². The summed E-state index contributed by atoms with van der Waals surface area (Å²) in [5.74, 6) is -0.241. The van der Waals surface area contributed by atoms with E-state index in [1.807, 2.05) is 31.2 Å². The standard InChI is InChI=1S/C14H20BrN3O2/c1-4-14(2,12(16)17-20)13(19)18(3)9-10-7-5-6-8-11(10)15/h5-8,20H,4,9H2,1-3H3,(H2,16,17). The van der Waals surface area contributed by atoms with Crippen molar-refractivity contribution in [2.45, 2.75) is 26.8 Å². The van der Waals surface area contributed by atoms with Crippen LogP contribution in [0.25, 0.3) is 0 Å². The molecule has 0 saturated heterocycles. The van der Waals surface area contributed by atoms with Crippen molar-refractivity contribution in [3.63, 3.8) is 0 Å². The highest BCUT2D eigenvalue weighted by atomic mass is 79.9. The molecule has 1 aromatic rings. The zero-order chi connectivity index (χ0) is 15.3. The van der Waals surface area contributed by atoms with Crippen LogP contribution in [0.4, 0.5) is 0 Å². The molecule has 0 aliphatic heterocycles. The summed E-state index contributed by atoms with van der Waals surface area (Å²) in [4.78, 5) is 14.1. The lowest BCUT2D eigenvalue weighted by atomic mass is 9.84. The molecule has 1 aromatic carbocycles. The van der Waals surface area contributed by atoms with Crippen molar-refractivity contribution in [1.29, 1.82) is 0 Å². The second kappa shape index (κ2) is 6.74. The topological polar surface area (TPSA) is 78.9 Å². The minimum atomic E-state index is -0.995. The van der Waals surface area contributed by atoms with E-state index < -0.39 is 5.41 Å². The third kappa shape index (κ3) is 3.30. The number of amides is 1. The van der Waals surface area contributed by atoms with Crippen molar-refractivity contribution in [2.24, 2.45) is 16.3 Å². The Bertz CT molecular complexity index is 519.